The molecule has 3 aromatic rings. The van der Waals surface area contributed by atoms with Gasteiger partial charge < -0.3 is 9.32 Å². The molecule has 3 aliphatic rings. The van der Waals surface area contributed by atoms with E-state index in [0.29, 0.717) is 6.04 Å². The van der Waals surface area contributed by atoms with Crippen LogP contribution < -0.4 is 4.90 Å². The Labute approximate surface area is 190 Å². The van der Waals surface area contributed by atoms with Crippen molar-refractivity contribution in [2.75, 3.05) is 4.90 Å². The molecule has 0 bridgehead atoms. The molecule has 3 heteroatoms. The lowest BCUT2D eigenvalue weighted by atomic mass is 9.87. The van der Waals surface area contributed by atoms with Gasteiger partial charge in [0.1, 0.15) is 17.2 Å². The lowest BCUT2D eigenvalue weighted by Crippen LogP contribution is -2.40. The van der Waals surface area contributed by atoms with E-state index in [1.54, 1.807) is 0 Å². The fourth-order valence-corrected chi connectivity index (χ4v) is 5.38. The number of aryl methyl sites for hydroxylation is 1. The number of nitrogens with zero attached hydrogens (tertiary/aromatic N) is 2. The van der Waals surface area contributed by atoms with E-state index in [4.69, 9.17) is 9.41 Å². The largest absolute Gasteiger partial charge is 0.456 e. The van der Waals surface area contributed by atoms with Crippen molar-refractivity contribution in [3.8, 4) is 0 Å². The van der Waals surface area contributed by atoms with E-state index in [9.17, 15) is 0 Å². The van der Waals surface area contributed by atoms with E-state index in [0.717, 1.165) is 48.4 Å². The first-order valence-corrected chi connectivity index (χ1v) is 11.9. The average Bonchev–Trinajstić information content (AvgIpc) is 3.37. The van der Waals surface area contributed by atoms with Crippen molar-refractivity contribution in [2.45, 2.75) is 64.0 Å². The van der Waals surface area contributed by atoms with Gasteiger partial charge in [0, 0.05) is 16.6 Å². The number of para-hydroxylation sites is 1. The zero-order valence-corrected chi connectivity index (χ0v) is 19.1. The average molecular weight is 423 g/mol. The van der Waals surface area contributed by atoms with Gasteiger partial charge in [-0.1, -0.05) is 63.3 Å². The molecule has 2 aliphatic carbocycles. The van der Waals surface area contributed by atoms with Gasteiger partial charge in [-0.3, -0.25) is 4.99 Å². The lowest BCUT2D eigenvalue weighted by molar-refractivity contribution is 0.566. The Hall–Kier alpha value is -3.07. The number of benzene rings is 2. The minimum Gasteiger partial charge on any atom is -0.456 e. The maximum absolute atomic E-state index is 6.42. The molecule has 162 valence electrons. The number of fused-ring (bicyclic) bond motifs is 4. The summed E-state index contributed by atoms with van der Waals surface area (Å²) >= 11 is 0. The fraction of sp³-hybridized carbons (Fsp3) is 0.345. The topological polar surface area (TPSA) is 28.7 Å². The first-order valence-electron chi connectivity index (χ1n) is 11.9. The van der Waals surface area contributed by atoms with Gasteiger partial charge in [0.2, 0.25) is 0 Å². The molecule has 0 radical (unpaired) electrons. The van der Waals surface area contributed by atoms with Crippen molar-refractivity contribution in [2.24, 2.45) is 4.99 Å². The second kappa shape index (κ2) is 7.23. The van der Waals surface area contributed by atoms with Crippen LogP contribution in [0.2, 0.25) is 0 Å². The maximum Gasteiger partial charge on any atom is 0.146 e. The number of aliphatic imine (C=N–C) groups is 1. The highest BCUT2D eigenvalue weighted by molar-refractivity contribution is 6.18. The molecule has 0 fully saturated rings. The number of anilines is 1. The summed E-state index contributed by atoms with van der Waals surface area (Å²) in [5.74, 6) is 2.05. The molecule has 2 atom stereocenters. The summed E-state index contributed by atoms with van der Waals surface area (Å²) in [6.45, 7) is 6.79. The standard InChI is InChI=1S/C29H30N2O/c1-29(2,3)19-15-17-20(18-16-19)31-25-13-6-5-12-24(25)30-28(31)23-11-8-10-22-21-9-4-7-14-26(21)32-27(22)23/h5,7-8,10-12,14-18,24-25H,4,6,9,13H2,1-3H3. The molecule has 0 saturated carbocycles. The monoisotopic (exact) mass is 422 g/mol. The smallest absolute Gasteiger partial charge is 0.146 e. The third kappa shape index (κ3) is 3.06. The van der Waals surface area contributed by atoms with Crippen LogP contribution in [0.3, 0.4) is 0 Å². The van der Waals surface area contributed by atoms with Crippen LogP contribution in [-0.4, -0.2) is 17.9 Å². The highest BCUT2D eigenvalue weighted by Crippen LogP contribution is 2.38. The Morgan fingerprint density at radius 3 is 2.66 bits per heavy atom. The van der Waals surface area contributed by atoms with Crippen LogP contribution in [-0.2, 0) is 11.8 Å². The zero-order valence-electron chi connectivity index (χ0n) is 19.1. The lowest BCUT2D eigenvalue weighted by Gasteiger charge is -2.32. The van der Waals surface area contributed by atoms with Gasteiger partial charge in [-0.15, -0.1) is 0 Å². The van der Waals surface area contributed by atoms with Crippen molar-refractivity contribution >= 4 is 28.6 Å². The molecule has 0 spiro atoms. The summed E-state index contributed by atoms with van der Waals surface area (Å²) in [6, 6.07) is 16.2. The summed E-state index contributed by atoms with van der Waals surface area (Å²) < 4.78 is 6.42. The maximum atomic E-state index is 6.42. The van der Waals surface area contributed by atoms with E-state index < -0.39 is 0 Å². The summed E-state index contributed by atoms with van der Waals surface area (Å²) in [6.07, 6.45) is 13.2. The summed E-state index contributed by atoms with van der Waals surface area (Å²) in [7, 11) is 0. The molecule has 1 aliphatic heterocycles. The predicted molar refractivity (Wildman–Crippen MR) is 134 cm³/mol. The van der Waals surface area contributed by atoms with Gasteiger partial charge >= 0.3 is 0 Å². The van der Waals surface area contributed by atoms with Crippen LogP contribution in [0, 0.1) is 0 Å². The normalized spacial score (nSPS) is 22.2. The van der Waals surface area contributed by atoms with E-state index in [1.165, 1.54) is 22.2 Å². The number of hydrogen-bond acceptors (Lipinski definition) is 3. The van der Waals surface area contributed by atoms with Gasteiger partial charge in [-0.2, -0.15) is 0 Å². The molecule has 0 saturated heterocycles. The number of hydrogen-bond donors (Lipinski definition) is 0. The van der Waals surface area contributed by atoms with Crippen molar-refractivity contribution in [3.05, 3.63) is 83.1 Å². The first kappa shape index (κ1) is 19.6. The molecule has 0 N–H and O–H groups in total. The van der Waals surface area contributed by atoms with Crippen LogP contribution in [0.5, 0.6) is 0 Å². The van der Waals surface area contributed by atoms with Gasteiger partial charge in [0.25, 0.3) is 0 Å². The molecule has 6 rings (SSSR count). The Morgan fingerprint density at radius 1 is 1.00 bits per heavy atom. The predicted octanol–water partition coefficient (Wildman–Crippen LogP) is 7.04. The van der Waals surface area contributed by atoms with Crippen molar-refractivity contribution in [1.29, 1.82) is 0 Å². The third-order valence-electron chi connectivity index (χ3n) is 7.12. The van der Waals surface area contributed by atoms with Crippen LogP contribution >= 0.6 is 0 Å². The Kier molecular flexibility index (Phi) is 4.43. The van der Waals surface area contributed by atoms with Gasteiger partial charge in [-0.25, -0.2) is 0 Å². The first-order chi connectivity index (χ1) is 15.5. The van der Waals surface area contributed by atoms with E-state index in [1.807, 2.05) is 0 Å². The SMILES string of the molecule is CC(C)(C)c1ccc(N2C(c3cccc4c5c(oc34)C=CCC5)=NC3C=CCCC32)cc1. The van der Waals surface area contributed by atoms with Crippen LogP contribution in [0.1, 0.15) is 62.5 Å². The molecular weight excluding hydrogens is 392 g/mol. The molecule has 3 nitrogen and oxygen atoms in total. The van der Waals surface area contributed by atoms with Gasteiger partial charge in [0.05, 0.1) is 17.6 Å². The second-order valence-electron chi connectivity index (χ2n) is 10.3. The number of furan rings is 1. The van der Waals surface area contributed by atoms with E-state index in [-0.39, 0.29) is 11.5 Å². The summed E-state index contributed by atoms with van der Waals surface area (Å²) in [4.78, 5) is 7.71. The Bertz CT molecular complexity index is 1270. The summed E-state index contributed by atoms with van der Waals surface area (Å²) in [5.41, 5.74) is 6.12. The minimum atomic E-state index is 0.142. The van der Waals surface area contributed by atoms with Crippen LogP contribution in [0.4, 0.5) is 5.69 Å². The van der Waals surface area contributed by atoms with Crippen molar-refractivity contribution in [3.63, 3.8) is 0 Å². The van der Waals surface area contributed by atoms with E-state index >= 15 is 0 Å². The zero-order chi connectivity index (χ0) is 21.9. The fourth-order valence-electron chi connectivity index (χ4n) is 5.38. The highest BCUT2D eigenvalue weighted by Gasteiger charge is 2.38. The Morgan fingerprint density at radius 2 is 1.84 bits per heavy atom. The molecule has 2 unspecified atom stereocenters. The van der Waals surface area contributed by atoms with Gasteiger partial charge in [0.15, 0.2) is 0 Å². The van der Waals surface area contributed by atoms with E-state index in [2.05, 4.69) is 92.4 Å². The molecular formula is C29H30N2O. The third-order valence-corrected chi connectivity index (χ3v) is 7.12. The number of amidine groups is 1. The van der Waals surface area contributed by atoms with Crippen LogP contribution in [0.15, 0.2) is 70.1 Å². The molecule has 2 heterocycles. The highest BCUT2D eigenvalue weighted by atomic mass is 16.3. The van der Waals surface area contributed by atoms with Crippen molar-refractivity contribution < 1.29 is 4.42 Å². The molecule has 1 aromatic heterocycles. The molecule has 32 heavy (non-hydrogen) atoms. The second-order valence-corrected chi connectivity index (χ2v) is 10.3. The minimum absolute atomic E-state index is 0.142. The number of rotatable bonds is 2. The Balaban J connectivity index is 1.49. The van der Waals surface area contributed by atoms with Crippen molar-refractivity contribution in [1.82, 2.24) is 0 Å². The summed E-state index contributed by atoms with van der Waals surface area (Å²) in [5, 5.41) is 1.23. The molecule has 2 aromatic carbocycles. The molecule has 0 amide bonds. The number of allylic oxidation sites excluding steroid dienone is 2. The van der Waals surface area contributed by atoms with Crippen LogP contribution in [0.25, 0.3) is 17.0 Å². The quantitative estimate of drug-likeness (QED) is 0.414. The van der Waals surface area contributed by atoms with Gasteiger partial charge in [-0.05, 0) is 60.9 Å².